The van der Waals surface area contributed by atoms with Crippen molar-refractivity contribution >= 4 is 37.6 Å². The van der Waals surface area contributed by atoms with E-state index in [1.165, 1.54) is 12.1 Å². The Balaban J connectivity index is 2.25. The van der Waals surface area contributed by atoms with E-state index in [0.29, 0.717) is 5.56 Å². The summed E-state index contributed by atoms with van der Waals surface area (Å²) in [6.07, 6.45) is 0.251. The van der Waals surface area contributed by atoms with Gasteiger partial charge in [-0.05, 0) is 39.7 Å². The topological polar surface area (TPSA) is 17.1 Å². The molecule has 0 N–H and O–H groups in total. The second-order valence-corrected chi connectivity index (χ2v) is 5.54. The highest BCUT2D eigenvalue weighted by molar-refractivity contribution is 9.10. The van der Waals surface area contributed by atoms with Gasteiger partial charge in [0.25, 0.3) is 0 Å². The maximum Gasteiger partial charge on any atom is 0.168 e. The number of halogens is 3. The second-order valence-electron chi connectivity index (χ2n) is 3.83. The Kier molecular flexibility index (Phi) is 4.30. The smallest absolute Gasteiger partial charge is 0.168 e. The lowest BCUT2D eigenvalue weighted by molar-refractivity contribution is 0.0991. The molecule has 0 spiro atoms. The van der Waals surface area contributed by atoms with E-state index < -0.39 is 5.82 Å². The zero-order valence-electron chi connectivity index (χ0n) is 9.29. The number of hydrogen-bond acceptors (Lipinski definition) is 1. The van der Waals surface area contributed by atoms with Crippen LogP contribution in [-0.4, -0.2) is 5.78 Å². The van der Waals surface area contributed by atoms with Gasteiger partial charge in [-0.2, -0.15) is 0 Å². The van der Waals surface area contributed by atoms with Crippen LogP contribution in [0.15, 0.2) is 51.4 Å². The lowest BCUT2D eigenvalue weighted by Crippen LogP contribution is -2.05. The summed E-state index contributed by atoms with van der Waals surface area (Å²) in [4.78, 5) is 12.1. The summed E-state index contributed by atoms with van der Waals surface area (Å²) in [5.74, 6) is -0.533. The van der Waals surface area contributed by atoms with Crippen LogP contribution in [0.3, 0.4) is 0 Å². The Bertz CT molecular complexity index is 596. The molecular formula is C14H9Br2FO. The summed E-state index contributed by atoms with van der Waals surface area (Å²) in [6, 6.07) is 12.0. The first kappa shape index (κ1) is 13.4. The summed E-state index contributed by atoms with van der Waals surface area (Å²) >= 11 is 6.46. The van der Waals surface area contributed by atoms with Gasteiger partial charge >= 0.3 is 0 Å². The van der Waals surface area contributed by atoms with Gasteiger partial charge in [0.05, 0.1) is 4.47 Å². The van der Waals surface area contributed by atoms with E-state index >= 15 is 0 Å². The predicted octanol–water partition coefficient (Wildman–Crippen LogP) is 4.78. The first-order chi connectivity index (χ1) is 8.58. The van der Waals surface area contributed by atoms with E-state index in [1.54, 1.807) is 6.07 Å². The van der Waals surface area contributed by atoms with Crippen LogP contribution in [0.5, 0.6) is 0 Å². The molecule has 0 aliphatic rings. The number of rotatable bonds is 3. The normalized spacial score (nSPS) is 10.4. The third-order valence-corrected chi connectivity index (χ3v) is 3.80. The molecule has 0 atom stereocenters. The third kappa shape index (κ3) is 3.06. The zero-order chi connectivity index (χ0) is 13.1. The highest BCUT2D eigenvalue weighted by Gasteiger charge is 2.13. The average molecular weight is 372 g/mol. The summed E-state index contributed by atoms with van der Waals surface area (Å²) in [7, 11) is 0. The number of benzene rings is 2. The minimum atomic E-state index is -0.421. The van der Waals surface area contributed by atoms with Crippen molar-refractivity contribution in [3.63, 3.8) is 0 Å². The van der Waals surface area contributed by atoms with E-state index in [0.717, 1.165) is 10.0 Å². The molecule has 0 heterocycles. The van der Waals surface area contributed by atoms with E-state index in [4.69, 9.17) is 0 Å². The molecular weight excluding hydrogens is 363 g/mol. The fourth-order valence-electron chi connectivity index (χ4n) is 1.65. The Morgan fingerprint density at radius 2 is 1.83 bits per heavy atom. The highest BCUT2D eigenvalue weighted by atomic mass is 79.9. The van der Waals surface area contributed by atoms with Crippen LogP contribution in [-0.2, 0) is 6.42 Å². The van der Waals surface area contributed by atoms with Crippen LogP contribution in [0.1, 0.15) is 15.9 Å². The summed E-state index contributed by atoms with van der Waals surface area (Å²) in [6.45, 7) is 0. The van der Waals surface area contributed by atoms with Crippen molar-refractivity contribution in [2.45, 2.75) is 6.42 Å². The third-order valence-electron chi connectivity index (χ3n) is 2.51. The molecule has 0 aliphatic carbocycles. The van der Waals surface area contributed by atoms with E-state index in [2.05, 4.69) is 31.9 Å². The van der Waals surface area contributed by atoms with Crippen molar-refractivity contribution in [3.8, 4) is 0 Å². The number of Topliss-reactive ketones (excluding diaryl/α,β-unsaturated/α-hetero) is 1. The van der Waals surface area contributed by atoms with Crippen molar-refractivity contribution in [1.82, 2.24) is 0 Å². The molecule has 0 radical (unpaired) electrons. The number of ketones is 1. The lowest BCUT2D eigenvalue weighted by Gasteiger charge is -2.05. The Hall–Kier alpha value is -1.00. The number of carbonyl (C=O) groups is 1. The molecule has 18 heavy (non-hydrogen) atoms. The van der Waals surface area contributed by atoms with Crippen LogP contribution < -0.4 is 0 Å². The van der Waals surface area contributed by atoms with Crippen molar-refractivity contribution in [2.24, 2.45) is 0 Å². The fourth-order valence-corrected chi connectivity index (χ4v) is 2.58. The van der Waals surface area contributed by atoms with Crippen molar-refractivity contribution in [1.29, 1.82) is 0 Å². The van der Waals surface area contributed by atoms with Crippen LogP contribution in [0.2, 0.25) is 0 Å². The average Bonchev–Trinajstić information content (AvgIpc) is 2.32. The number of hydrogen-bond donors (Lipinski definition) is 0. The molecule has 2 aromatic rings. The van der Waals surface area contributed by atoms with Crippen molar-refractivity contribution in [2.75, 3.05) is 0 Å². The summed E-state index contributed by atoms with van der Waals surface area (Å²) in [5.41, 5.74) is 1.26. The molecule has 0 aliphatic heterocycles. The standard InChI is InChI=1S/C14H9Br2FO/c15-10-4-1-3-9(7-10)8-13(18)11-5-2-6-12(17)14(11)16/h1-7H,8H2. The van der Waals surface area contributed by atoms with Gasteiger partial charge in [-0.1, -0.05) is 40.2 Å². The van der Waals surface area contributed by atoms with Gasteiger partial charge in [-0.25, -0.2) is 4.39 Å². The van der Waals surface area contributed by atoms with Crippen LogP contribution in [0.4, 0.5) is 4.39 Å². The monoisotopic (exact) mass is 370 g/mol. The maximum absolute atomic E-state index is 13.3. The molecule has 1 nitrogen and oxygen atoms in total. The zero-order valence-corrected chi connectivity index (χ0v) is 12.5. The minimum Gasteiger partial charge on any atom is -0.294 e. The minimum absolute atomic E-state index is 0.112. The summed E-state index contributed by atoms with van der Waals surface area (Å²) in [5, 5.41) is 0. The second kappa shape index (κ2) is 5.76. The van der Waals surface area contributed by atoms with Gasteiger partial charge in [0.15, 0.2) is 5.78 Å². The quantitative estimate of drug-likeness (QED) is 0.710. The van der Waals surface area contributed by atoms with E-state index in [-0.39, 0.29) is 16.7 Å². The molecule has 0 unspecified atom stereocenters. The first-order valence-electron chi connectivity index (χ1n) is 5.29. The highest BCUT2D eigenvalue weighted by Crippen LogP contribution is 2.22. The van der Waals surface area contributed by atoms with Gasteiger partial charge in [0.1, 0.15) is 5.82 Å². The lowest BCUT2D eigenvalue weighted by atomic mass is 10.0. The maximum atomic E-state index is 13.3. The van der Waals surface area contributed by atoms with Gasteiger partial charge < -0.3 is 0 Å². The van der Waals surface area contributed by atoms with Crippen molar-refractivity contribution < 1.29 is 9.18 Å². The van der Waals surface area contributed by atoms with Crippen LogP contribution in [0, 0.1) is 5.82 Å². The number of carbonyl (C=O) groups excluding carboxylic acids is 1. The van der Waals surface area contributed by atoms with Gasteiger partial charge in [0.2, 0.25) is 0 Å². The SMILES string of the molecule is O=C(Cc1cccc(Br)c1)c1cccc(F)c1Br. The van der Waals surface area contributed by atoms with Gasteiger partial charge in [-0.15, -0.1) is 0 Å². The molecule has 0 saturated heterocycles. The Morgan fingerprint density at radius 1 is 1.11 bits per heavy atom. The summed E-state index contributed by atoms with van der Waals surface area (Å²) < 4.78 is 14.5. The van der Waals surface area contributed by atoms with Gasteiger partial charge in [-0.3, -0.25) is 4.79 Å². The fraction of sp³-hybridized carbons (Fsp3) is 0.0714. The van der Waals surface area contributed by atoms with E-state index in [1.807, 2.05) is 24.3 Å². The molecule has 92 valence electrons. The predicted molar refractivity (Wildman–Crippen MR) is 76.3 cm³/mol. The first-order valence-corrected chi connectivity index (χ1v) is 6.88. The molecule has 0 fully saturated rings. The van der Waals surface area contributed by atoms with Crippen LogP contribution in [0.25, 0.3) is 0 Å². The molecule has 0 bridgehead atoms. The molecule has 0 saturated carbocycles. The Morgan fingerprint density at radius 3 is 2.56 bits per heavy atom. The van der Waals surface area contributed by atoms with Gasteiger partial charge in [0, 0.05) is 16.5 Å². The van der Waals surface area contributed by atoms with Crippen LogP contribution >= 0.6 is 31.9 Å². The van der Waals surface area contributed by atoms with E-state index in [9.17, 15) is 9.18 Å². The molecule has 0 amide bonds. The molecule has 0 aromatic heterocycles. The largest absolute Gasteiger partial charge is 0.294 e. The van der Waals surface area contributed by atoms with Crippen molar-refractivity contribution in [3.05, 3.63) is 68.4 Å². The molecule has 4 heteroatoms. The molecule has 2 aromatic carbocycles. The Labute approximate surface area is 121 Å². The molecule has 2 rings (SSSR count).